The van der Waals surface area contributed by atoms with Gasteiger partial charge in [0, 0.05) is 48.4 Å². The fourth-order valence-corrected chi connectivity index (χ4v) is 6.87. The SMILES string of the molecule is C[C@@H]1Cc2cc(OS(=O)(=O)C(F)(F)F)ccc2[C@@H](c2c(F)cc(NC3CN(CCCF)CC34CC4)cc2F)N1CC(F)(F)F. The van der Waals surface area contributed by atoms with Crippen molar-refractivity contribution in [2.24, 2.45) is 5.41 Å². The minimum atomic E-state index is -6.04. The van der Waals surface area contributed by atoms with Crippen LogP contribution in [0.1, 0.15) is 48.9 Å². The Hall–Kier alpha value is -2.72. The Bertz CT molecular complexity index is 1470. The maximum Gasteiger partial charge on any atom is 0.534 e. The van der Waals surface area contributed by atoms with E-state index in [2.05, 4.69) is 14.4 Å². The third kappa shape index (κ3) is 6.62. The lowest BCUT2D eigenvalue weighted by molar-refractivity contribution is -0.155. The molecule has 3 aliphatic rings. The Morgan fingerprint density at radius 1 is 1.05 bits per heavy atom. The van der Waals surface area contributed by atoms with E-state index in [1.807, 2.05) is 0 Å². The quantitative estimate of drug-likeness (QED) is 0.193. The molecule has 5 rings (SSSR count). The molecule has 1 N–H and O–H groups in total. The van der Waals surface area contributed by atoms with Crippen LogP contribution in [0.3, 0.4) is 0 Å². The fourth-order valence-electron chi connectivity index (χ4n) is 6.42. The van der Waals surface area contributed by atoms with Crippen molar-refractivity contribution < 1.29 is 52.1 Å². The van der Waals surface area contributed by atoms with Crippen molar-refractivity contribution in [3.05, 3.63) is 58.7 Å². The summed E-state index contributed by atoms with van der Waals surface area (Å²) in [6.07, 6.45) is -2.83. The van der Waals surface area contributed by atoms with Gasteiger partial charge in [0.1, 0.15) is 17.4 Å². The molecule has 2 heterocycles. The molecule has 0 amide bonds. The number of alkyl halides is 7. The second-order valence-corrected chi connectivity index (χ2v) is 13.3. The molecule has 1 saturated carbocycles. The van der Waals surface area contributed by atoms with Gasteiger partial charge in [-0.2, -0.15) is 34.8 Å². The Labute approximate surface area is 248 Å². The summed E-state index contributed by atoms with van der Waals surface area (Å²) in [7, 11) is -6.04. The predicted octanol–water partition coefficient (Wildman–Crippen LogP) is 6.33. The van der Waals surface area contributed by atoms with Gasteiger partial charge in [-0.25, -0.2) is 8.78 Å². The Kier molecular flexibility index (Phi) is 8.59. The molecule has 1 unspecified atom stereocenters. The highest BCUT2D eigenvalue weighted by Crippen LogP contribution is 2.54. The van der Waals surface area contributed by atoms with Crippen LogP contribution in [-0.4, -0.2) is 74.8 Å². The molecule has 2 aromatic carbocycles. The van der Waals surface area contributed by atoms with Crippen molar-refractivity contribution in [3.63, 3.8) is 0 Å². The monoisotopic (exact) mass is 659 g/mol. The van der Waals surface area contributed by atoms with E-state index in [1.54, 1.807) is 0 Å². The smallest absolute Gasteiger partial charge is 0.380 e. The van der Waals surface area contributed by atoms with Gasteiger partial charge >= 0.3 is 21.8 Å². The van der Waals surface area contributed by atoms with E-state index in [1.165, 1.54) is 6.92 Å². The highest BCUT2D eigenvalue weighted by atomic mass is 32.2. The summed E-state index contributed by atoms with van der Waals surface area (Å²) in [5.41, 5.74) is -6.41. The van der Waals surface area contributed by atoms with Crippen LogP contribution in [0.25, 0.3) is 0 Å². The van der Waals surface area contributed by atoms with Crippen molar-refractivity contribution in [1.82, 2.24) is 9.80 Å². The molecule has 244 valence electrons. The summed E-state index contributed by atoms with van der Waals surface area (Å²) < 4.78 is 151. The number of benzene rings is 2. The fraction of sp³-hybridized carbons (Fsp3) is 0.571. The second-order valence-electron chi connectivity index (χ2n) is 11.8. The molecule has 6 nitrogen and oxygen atoms in total. The van der Waals surface area contributed by atoms with E-state index in [4.69, 9.17) is 0 Å². The van der Waals surface area contributed by atoms with E-state index >= 15 is 8.78 Å². The third-order valence-corrected chi connectivity index (χ3v) is 9.56. The summed E-state index contributed by atoms with van der Waals surface area (Å²) in [5.74, 6) is -3.02. The van der Waals surface area contributed by atoms with Crippen molar-refractivity contribution >= 4 is 15.8 Å². The zero-order valence-electron chi connectivity index (χ0n) is 23.4. The molecule has 2 aromatic rings. The molecule has 3 atom stereocenters. The number of hydrogen-bond donors (Lipinski definition) is 1. The molecule has 1 saturated heterocycles. The van der Waals surface area contributed by atoms with Crippen molar-refractivity contribution in [2.45, 2.75) is 62.4 Å². The first-order valence-electron chi connectivity index (χ1n) is 13.9. The molecule has 1 spiro atoms. The number of hydrogen-bond acceptors (Lipinski definition) is 6. The van der Waals surface area contributed by atoms with Crippen molar-refractivity contribution in [1.29, 1.82) is 0 Å². The average molecular weight is 660 g/mol. The standard InChI is InChI=1S/C28H30F9N3O3S/c1-16-9-17-10-19(43-44(41,42)28(35,36)37)3-4-20(17)25(40(16)15-27(32,33)34)24-21(30)11-18(12-22(24)31)38-23-13-39(8-2-7-29)14-26(23)5-6-26/h3-4,10-12,16,23,25,38H,2,5-9,13-15H2,1H3/t16-,23?,25+/m1/s1. The minimum Gasteiger partial charge on any atom is -0.380 e. The number of anilines is 1. The van der Waals surface area contributed by atoms with Gasteiger partial charge in [0.05, 0.1) is 19.3 Å². The lowest BCUT2D eigenvalue weighted by Crippen LogP contribution is -2.47. The van der Waals surface area contributed by atoms with Crippen LogP contribution in [0.4, 0.5) is 45.2 Å². The molecule has 0 aromatic heterocycles. The van der Waals surface area contributed by atoms with Gasteiger partial charge in [-0.15, -0.1) is 0 Å². The van der Waals surface area contributed by atoms with E-state index < -0.39 is 70.1 Å². The van der Waals surface area contributed by atoms with Crippen LogP contribution in [-0.2, 0) is 16.5 Å². The zero-order chi connectivity index (χ0) is 32.2. The largest absolute Gasteiger partial charge is 0.534 e. The Morgan fingerprint density at radius 3 is 2.27 bits per heavy atom. The first-order valence-corrected chi connectivity index (χ1v) is 15.3. The van der Waals surface area contributed by atoms with Gasteiger partial charge in [0.2, 0.25) is 0 Å². The highest BCUT2D eigenvalue weighted by Gasteiger charge is 2.55. The van der Waals surface area contributed by atoms with Crippen LogP contribution < -0.4 is 9.50 Å². The van der Waals surface area contributed by atoms with Crippen LogP contribution in [0.2, 0.25) is 0 Å². The highest BCUT2D eigenvalue weighted by molar-refractivity contribution is 7.88. The average Bonchev–Trinajstić information content (AvgIpc) is 3.58. The number of nitrogens with zero attached hydrogens (tertiary/aromatic N) is 2. The number of nitrogens with one attached hydrogen (secondary N) is 1. The van der Waals surface area contributed by atoms with E-state index in [0.717, 1.165) is 48.1 Å². The van der Waals surface area contributed by atoms with Gasteiger partial charge in [0.15, 0.2) is 0 Å². The Morgan fingerprint density at radius 2 is 1.70 bits per heavy atom. The molecule has 0 radical (unpaired) electrons. The number of likely N-dealkylation sites (tertiary alicyclic amines) is 1. The van der Waals surface area contributed by atoms with Gasteiger partial charge in [-0.1, -0.05) is 6.07 Å². The molecule has 2 fully saturated rings. The summed E-state index contributed by atoms with van der Waals surface area (Å²) >= 11 is 0. The first kappa shape index (κ1) is 32.7. The topological polar surface area (TPSA) is 61.9 Å². The lowest BCUT2D eigenvalue weighted by atomic mass is 9.84. The number of rotatable bonds is 9. The minimum absolute atomic E-state index is 0.0427. The summed E-state index contributed by atoms with van der Waals surface area (Å²) in [6, 6.07) is 1.90. The van der Waals surface area contributed by atoms with Crippen molar-refractivity contribution in [2.75, 3.05) is 38.2 Å². The molecular formula is C28H30F9N3O3S. The molecule has 16 heteroatoms. The normalized spacial score (nSPS) is 24.0. The first-order chi connectivity index (χ1) is 20.4. The van der Waals surface area contributed by atoms with Crippen LogP contribution in [0.5, 0.6) is 5.75 Å². The molecule has 1 aliphatic carbocycles. The Balaban J connectivity index is 1.49. The maximum atomic E-state index is 15.8. The lowest BCUT2D eigenvalue weighted by Gasteiger charge is -2.42. The van der Waals surface area contributed by atoms with Crippen LogP contribution in [0.15, 0.2) is 30.3 Å². The number of halogens is 9. The molecular weight excluding hydrogens is 629 g/mol. The number of fused-ring (bicyclic) bond motifs is 1. The van der Waals surface area contributed by atoms with Gasteiger partial charge in [-0.05, 0) is 68.0 Å². The van der Waals surface area contributed by atoms with Crippen LogP contribution in [0, 0.1) is 17.0 Å². The van der Waals surface area contributed by atoms with Crippen molar-refractivity contribution in [3.8, 4) is 5.75 Å². The van der Waals surface area contributed by atoms with Gasteiger partial charge in [0.25, 0.3) is 0 Å². The molecule has 2 aliphatic heterocycles. The van der Waals surface area contributed by atoms with E-state index in [0.29, 0.717) is 26.1 Å². The van der Waals surface area contributed by atoms with Gasteiger partial charge < -0.3 is 14.4 Å². The second kappa shape index (κ2) is 11.6. The summed E-state index contributed by atoms with van der Waals surface area (Å²) in [4.78, 5) is 2.93. The van der Waals surface area contributed by atoms with Crippen LogP contribution >= 0.6 is 0 Å². The third-order valence-electron chi connectivity index (χ3n) is 8.59. The van der Waals surface area contributed by atoms with E-state index in [-0.39, 0.29) is 34.7 Å². The van der Waals surface area contributed by atoms with E-state index in [9.17, 15) is 39.2 Å². The summed E-state index contributed by atoms with van der Waals surface area (Å²) in [5, 5.41) is 3.16. The predicted molar refractivity (Wildman–Crippen MR) is 142 cm³/mol. The zero-order valence-corrected chi connectivity index (χ0v) is 24.2. The molecule has 0 bridgehead atoms. The summed E-state index contributed by atoms with van der Waals surface area (Å²) in [6.45, 7) is 1.14. The van der Waals surface area contributed by atoms with Gasteiger partial charge in [-0.3, -0.25) is 9.29 Å². The molecule has 44 heavy (non-hydrogen) atoms. The maximum absolute atomic E-state index is 15.8.